The minimum atomic E-state index is -0.812. The fourth-order valence-electron chi connectivity index (χ4n) is 2.72. The van der Waals surface area contributed by atoms with E-state index < -0.39 is 10.9 Å². The van der Waals surface area contributed by atoms with E-state index in [-0.39, 0.29) is 30.0 Å². The summed E-state index contributed by atoms with van der Waals surface area (Å²) in [5.41, 5.74) is 0.747. The van der Waals surface area contributed by atoms with Crippen LogP contribution in [0.15, 0.2) is 24.3 Å². The van der Waals surface area contributed by atoms with Crippen LogP contribution in [0.25, 0.3) is 0 Å². The van der Waals surface area contributed by atoms with E-state index in [4.69, 9.17) is 5.11 Å². The summed E-state index contributed by atoms with van der Waals surface area (Å²) < 4.78 is 0. The highest BCUT2D eigenvalue weighted by Crippen LogP contribution is 2.25. The van der Waals surface area contributed by atoms with Gasteiger partial charge >= 0.3 is 5.97 Å². The number of nitrogens with zero attached hydrogens (tertiary/aromatic N) is 1. The highest BCUT2D eigenvalue weighted by Gasteiger charge is 2.30. The maximum absolute atomic E-state index is 11.9. The summed E-state index contributed by atoms with van der Waals surface area (Å²) in [6, 6.07) is 6.13. The first-order chi connectivity index (χ1) is 10.5. The number of non-ortho nitro benzene ring substituents is 1. The number of hydrogen-bond acceptors (Lipinski definition) is 4. The van der Waals surface area contributed by atoms with Gasteiger partial charge in [0.05, 0.1) is 10.8 Å². The first kappa shape index (κ1) is 15.9. The molecular weight excluding hydrogens is 288 g/mol. The highest BCUT2D eigenvalue weighted by molar-refractivity contribution is 5.77. The van der Waals surface area contributed by atoms with E-state index in [1.165, 1.54) is 12.1 Å². The third-order valence-corrected chi connectivity index (χ3v) is 3.91. The van der Waals surface area contributed by atoms with Gasteiger partial charge in [-0.2, -0.15) is 0 Å². The lowest BCUT2D eigenvalue weighted by atomic mass is 10.1. The Morgan fingerprint density at radius 2 is 2.14 bits per heavy atom. The van der Waals surface area contributed by atoms with Crippen molar-refractivity contribution in [2.24, 2.45) is 5.92 Å². The summed E-state index contributed by atoms with van der Waals surface area (Å²) >= 11 is 0. The topological polar surface area (TPSA) is 110 Å². The van der Waals surface area contributed by atoms with Crippen LogP contribution < -0.4 is 5.32 Å². The Kier molecular flexibility index (Phi) is 5.08. The quantitative estimate of drug-likeness (QED) is 0.616. The van der Waals surface area contributed by atoms with Crippen molar-refractivity contribution in [3.05, 3.63) is 39.9 Å². The van der Waals surface area contributed by atoms with Gasteiger partial charge in [0.25, 0.3) is 5.69 Å². The first-order valence-electron chi connectivity index (χ1n) is 7.21. The molecule has 118 valence electrons. The van der Waals surface area contributed by atoms with Gasteiger partial charge in [0.1, 0.15) is 0 Å². The second-order valence-electron chi connectivity index (χ2n) is 5.54. The predicted molar refractivity (Wildman–Crippen MR) is 78.3 cm³/mol. The molecule has 0 unspecified atom stereocenters. The van der Waals surface area contributed by atoms with E-state index in [0.29, 0.717) is 25.7 Å². The second-order valence-corrected chi connectivity index (χ2v) is 5.54. The zero-order chi connectivity index (χ0) is 16.1. The third-order valence-electron chi connectivity index (χ3n) is 3.91. The third kappa shape index (κ3) is 4.28. The number of hydrogen-bond donors (Lipinski definition) is 2. The molecule has 1 aromatic carbocycles. The number of aryl methyl sites for hydroxylation is 1. The van der Waals surface area contributed by atoms with Gasteiger partial charge in [0.15, 0.2) is 0 Å². The normalized spacial score (nSPS) is 20.5. The molecule has 0 bridgehead atoms. The molecule has 1 aromatic rings. The number of carboxylic acid groups (broad SMARTS) is 1. The molecule has 1 aliphatic carbocycles. The molecule has 2 N–H and O–H groups in total. The standard InChI is InChI=1S/C15H18N2O5/c18-14(16-12-6-5-11(9-12)15(19)20)7-4-10-2-1-3-13(8-10)17(21)22/h1-3,8,11-12H,4-7,9H2,(H,16,18)(H,19,20)/t11-,12+/m0/s1. The Bertz CT molecular complexity index is 587. The Morgan fingerprint density at radius 3 is 2.77 bits per heavy atom. The molecule has 0 aliphatic heterocycles. The zero-order valence-corrected chi connectivity index (χ0v) is 12.0. The second kappa shape index (κ2) is 7.02. The number of benzene rings is 1. The first-order valence-corrected chi connectivity index (χ1v) is 7.21. The van der Waals surface area contributed by atoms with Gasteiger partial charge in [-0.05, 0) is 31.2 Å². The average Bonchev–Trinajstić information content (AvgIpc) is 2.94. The summed E-state index contributed by atoms with van der Waals surface area (Å²) in [6.07, 6.45) is 2.39. The van der Waals surface area contributed by atoms with Crippen LogP contribution in [0.4, 0.5) is 5.69 Å². The maximum Gasteiger partial charge on any atom is 0.306 e. The van der Waals surface area contributed by atoms with E-state index in [9.17, 15) is 19.7 Å². The minimum Gasteiger partial charge on any atom is -0.481 e. The average molecular weight is 306 g/mol. The number of nitro groups is 1. The summed E-state index contributed by atoms with van der Waals surface area (Å²) in [5, 5.41) is 22.4. The molecule has 2 atom stereocenters. The van der Waals surface area contributed by atoms with Crippen molar-refractivity contribution in [1.29, 1.82) is 0 Å². The molecule has 0 spiro atoms. The van der Waals surface area contributed by atoms with Crippen molar-refractivity contribution in [1.82, 2.24) is 5.32 Å². The van der Waals surface area contributed by atoms with Crippen LogP contribution in [-0.2, 0) is 16.0 Å². The maximum atomic E-state index is 11.9. The summed E-state index contributed by atoms with van der Waals surface area (Å²) in [7, 11) is 0. The van der Waals surface area contributed by atoms with Gasteiger partial charge in [-0.25, -0.2) is 0 Å². The zero-order valence-electron chi connectivity index (χ0n) is 12.0. The van der Waals surface area contributed by atoms with E-state index in [0.717, 1.165) is 5.56 Å². The van der Waals surface area contributed by atoms with Crippen LogP contribution >= 0.6 is 0 Å². The van der Waals surface area contributed by atoms with Gasteiger partial charge in [-0.1, -0.05) is 12.1 Å². The van der Waals surface area contributed by atoms with Crippen molar-refractivity contribution >= 4 is 17.6 Å². The van der Waals surface area contributed by atoms with Crippen molar-refractivity contribution in [2.75, 3.05) is 0 Å². The lowest BCUT2D eigenvalue weighted by Gasteiger charge is -2.12. The van der Waals surface area contributed by atoms with Crippen LogP contribution in [0.2, 0.25) is 0 Å². The molecule has 0 radical (unpaired) electrons. The number of carbonyl (C=O) groups is 2. The van der Waals surface area contributed by atoms with Crippen LogP contribution in [0, 0.1) is 16.0 Å². The fourth-order valence-corrected chi connectivity index (χ4v) is 2.72. The molecule has 2 rings (SSSR count). The van der Waals surface area contributed by atoms with Crippen molar-refractivity contribution in [3.63, 3.8) is 0 Å². The van der Waals surface area contributed by atoms with E-state index in [1.807, 2.05) is 0 Å². The Labute approximate surface area is 127 Å². The van der Waals surface area contributed by atoms with Gasteiger partial charge < -0.3 is 10.4 Å². The Balaban J connectivity index is 1.80. The van der Waals surface area contributed by atoms with Crippen LogP contribution in [-0.4, -0.2) is 27.9 Å². The largest absolute Gasteiger partial charge is 0.481 e. The van der Waals surface area contributed by atoms with Gasteiger partial charge in [0.2, 0.25) is 5.91 Å². The van der Waals surface area contributed by atoms with E-state index in [2.05, 4.69) is 5.32 Å². The van der Waals surface area contributed by atoms with Crippen molar-refractivity contribution < 1.29 is 19.6 Å². The highest BCUT2D eigenvalue weighted by atomic mass is 16.6. The van der Waals surface area contributed by atoms with Gasteiger partial charge in [-0.3, -0.25) is 19.7 Å². The molecule has 7 heteroatoms. The number of carbonyl (C=O) groups excluding carboxylic acids is 1. The monoisotopic (exact) mass is 306 g/mol. The van der Waals surface area contributed by atoms with Gasteiger partial charge in [0, 0.05) is 24.6 Å². The van der Waals surface area contributed by atoms with Crippen LogP contribution in [0.1, 0.15) is 31.2 Å². The number of carboxylic acids is 1. The van der Waals surface area contributed by atoms with Crippen LogP contribution in [0.3, 0.4) is 0 Å². The Morgan fingerprint density at radius 1 is 1.36 bits per heavy atom. The van der Waals surface area contributed by atoms with Gasteiger partial charge in [-0.15, -0.1) is 0 Å². The molecule has 7 nitrogen and oxygen atoms in total. The molecular formula is C15H18N2O5. The molecule has 1 amide bonds. The molecule has 1 aliphatic rings. The predicted octanol–water partition coefficient (Wildman–Crippen LogP) is 1.90. The molecule has 0 aromatic heterocycles. The molecule has 1 saturated carbocycles. The number of rotatable bonds is 6. The Hall–Kier alpha value is -2.44. The number of nitro benzene ring substituents is 1. The van der Waals surface area contributed by atoms with E-state index in [1.54, 1.807) is 12.1 Å². The van der Waals surface area contributed by atoms with Crippen LogP contribution in [0.5, 0.6) is 0 Å². The smallest absolute Gasteiger partial charge is 0.306 e. The number of aliphatic carboxylic acids is 1. The molecule has 0 saturated heterocycles. The van der Waals surface area contributed by atoms with E-state index >= 15 is 0 Å². The molecule has 1 fully saturated rings. The number of amides is 1. The summed E-state index contributed by atoms with van der Waals surface area (Å²) in [6.45, 7) is 0. The van der Waals surface area contributed by atoms with Crippen molar-refractivity contribution in [2.45, 2.75) is 38.1 Å². The fraction of sp³-hybridized carbons (Fsp3) is 0.467. The SMILES string of the molecule is O=C(CCc1cccc([N+](=O)[O-])c1)N[C@@H]1CC[C@H](C(=O)O)C1. The molecule has 22 heavy (non-hydrogen) atoms. The van der Waals surface area contributed by atoms with Crippen molar-refractivity contribution in [3.8, 4) is 0 Å². The molecule has 0 heterocycles. The summed E-state index contributed by atoms with van der Waals surface area (Å²) in [4.78, 5) is 33.0. The summed E-state index contributed by atoms with van der Waals surface area (Å²) in [5.74, 6) is -1.34. The lowest BCUT2D eigenvalue weighted by molar-refractivity contribution is -0.384. The number of nitrogens with one attached hydrogen (secondary N) is 1. The minimum absolute atomic E-state index is 0.0120. The lowest BCUT2D eigenvalue weighted by Crippen LogP contribution is -2.33.